The zero-order valence-electron chi connectivity index (χ0n) is 12.7. The van der Waals surface area contributed by atoms with Gasteiger partial charge < -0.3 is 5.32 Å². The Morgan fingerprint density at radius 1 is 1.00 bits per heavy atom. The van der Waals surface area contributed by atoms with Crippen LogP contribution >= 0.6 is 0 Å². The fourth-order valence-electron chi connectivity index (χ4n) is 2.97. The standard InChI is InChI=1S/C18H23N3/c1-2-19-18-15-10-6-7-11-16(15)20-17(21-18)13-12-14-8-4-3-5-9-14/h3-5,8-9H,2,6-7,10-13H2,1H3,(H,19,20,21). The maximum absolute atomic E-state index is 4.82. The summed E-state index contributed by atoms with van der Waals surface area (Å²) in [6.45, 7) is 3.04. The number of aromatic nitrogens is 2. The van der Waals surface area contributed by atoms with E-state index in [1.165, 1.54) is 29.7 Å². The molecule has 0 spiro atoms. The molecular weight excluding hydrogens is 258 g/mol. The van der Waals surface area contributed by atoms with Crippen LogP contribution in [-0.2, 0) is 25.7 Å². The second-order valence-electron chi connectivity index (χ2n) is 5.64. The zero-order valence-corrected chi connectivity index (χ0v) is 12.7. The van der Waals surface area contributed by atoms with Crippen molar-refractivity contribution in [3.63, 3.8) is 0 Å². The van der Waals surface area contributed by atoms with Crippen LogP contribution in [0.2, 0.25) is 0 Å². The van der Waals surface area contributed by atoms with Crippen molar-refractivity contribution in [1.29, 1.82) is 0 Å². The summed E-state index contributed by atoms with van der Waals surface area (Å²) in [5, 5.41) is 3.42. The number of anilines is 1. The lowest BCUT2D eigenvalue weighted by molar-refractivity contribution is 0.653. The van der Waals surface area contributed by atoms with Gasteiger partial charge in [-0.3, -0.25) is 0 Å². The summed E-state index contributed by atoms with van der Waals surface area (Å²) in [7, 11) is 0. The summed E-state index contributed by atoms with van der Waals surface area (Å²) in [5.41, 5.74) is 3.98. The lowest BCUT2D eigenvalue weighted by atomic mass is 9.96. The van der Waals surface area contributed by atoms with Gasteiger partial charge in [-0.05, 0) is 44.6 Å². The summed E-state index contributed by atoms with van der Waals surface area (Å²) in [5.74, 6) is 2.06. The fraction of sp³-hybridized carbons (Fsp3) is 0.444. The Morgan fingerprint density at radius 3 is 2.62 bits per heavy atom. The average molecular weight is 281 g/mol. The number of nitrogens with one attached hydrogen (secondary N) is 1. The number of fused-ring (bicyclic) bond motifs is 1. The van der Waals surface area contributed by atoms with E-state index in [4.69, 9.17) is 9.97 Å². The predicted molar refractivity (Wildman–Crippen MR) is 86.7 cm³/mol. The highest BCUT2D eigenvalue weighted by atomic mass is 15.0. The van der Waals surface area contributed by atoms with E-state index in [9.17, 15) is 0 Å². The summed E-state index contributed by atoms with van der Waals surface area (Å²) >= 11 is 0. The molecule has 0 atom stereocenters. The SMILES string of the molecule is CCNc1nc(CCc2ccccc2)nc2c1CCCC2. The van der Waals surface area contributed by atoms with Crippen LogP contribution in [0.1, 0.15) is 42.4 Å². The Labute approximate surface area is 126 Å². The van der Waals surface area contributed by atoms with Crippen LogP contribution in [0.4, 0.5) is 5.82 Å². The Kier molecular flexibility index (Phi) is 4.49. The maximum Gasteiger partial charge on any atom is 0.133 e. The molecule has 0 amide bonds. The summed E-state index contributed by atoms with van der Waals surface area (Å²) in [6.07, 6.45) is 6.66. The van der Waals surface area contributed by atoms with E-state index in [-0.39, 0.29) is 0 Å². The number of benzene rings is 1. The average Bonchev–Trinajstić information content (AvgIpc) is 2.54. The van der Waals surface area contributed by atoms with Gasteiger partial charge in [-0.1, -0.05) is 30.3 Å². The predicted octanol–water partition coefficient (Wildman–Crippen LogP) is 3.57. The number of hydrogen-bond donors (Lipinski definition) is 1. The van der Waals surface area contributed by atoms with E-state index in [2.05, 4.69) is 42.6 Å². The van der Waals surface area contributed by atoms with Crippen molar-refractivity contribution in [2.45, 2.75) is 45.4 Å². The van der Waals surface area contributed by atoms with Crippen molar-refractivity contribution >= 4 is 5.82 Å². The fourth-order valence-corrected chi connectivity index (χ4v) is 2.97. The molecule has 0 aliphatic heterocycles. The van der Waals surface area contributed by atoms with Gasteiger partial charge in [-0.2, -0.15) is 0 Å². The molecule has 0 saturated heterocycles. The summed E-state index contributed by atoms with van der Waals surface area (Å²) in [6, 6.07) is 10.6. The second kappa shape index (κ2) is 6.70. The zero-order chi connectivity index (χ0) is 14.5. The third-order valence-electron chi connectivity index (χ3n) is 4.05. The molecule has 0 fully saturated rings. The molecule has 110 valence electrons. The highest BCUT2D eigenvalue weighted by Gasteiger charge is 2.17. The van der Waals surface area contributed by atoms with Crippen LogP contribution in [0.5, 0.6) is 0 Å². The van der Waals surface area contributed by atoms with Crippen molar-refractivity contribution in [2.75, 3.05) is 11.9 Å². The van der Waals surface area contributed by atoms with Crippen LogP contribution in [-0.4, -0.2) is 16.5 Å². The number of nitrogens with zero attached hydrogens (tertiary/aromatic N) is 2. The van der Waals surface area contributed by atoms with E-state index in [0.29, 0.717) is 0 Å². The quantitative estimate of drug-likeness (QED) is 0.910. The van der Waals surface area contributed by atoms with Gasteiger partial charge in [-0.25, -0.2) is 9.97 Å². The third kappa shape index (κ3) is 3.41. The molecule has 0 saturated carbocycles. The third-order valence-corrected chi connectivity index (χ3v) is 4.05. The monoisotopic (exact) mass is 281 g/mol. The molecule has 1 aliphatic rings. The van der Waals surface area contributed by atoms with Crippen molar-refractivity contribution in [3.8, 4) is 0 Å². The second-order valence-corrected chi connectivity index (χ2v) is 5.64. The first kappa shape index (κ1) is 14.1. The first-order valence-electron chi connectivity index (χ1n) is 8.03. The minimum atomic E-state index is 0.912. The molecule has 1 N–H and O–H groups in total. The molecule has 0 unspecified atom stereocenters. The molecule has 3 heteroatoms. The lowest BCUT2D eigenvalue weighted by Gasteiger charge is -2.19. The van der Waals surface area contributed by atoms with Crippen molar-refractivity contribution in [2.24, 2.45) is 0 Å². The van der Waals surface area contributed by atoms with E-state index in [1.807, 2.05) is 0 Å². The molecule has 1 aromatic heterocycles. The topological polar surface area (TPSA) is 37.8 Å². The normalized spacial score (nSPS) is 13.8. The largest absolute Gasteiger partial charge is 0.370 e. The summed E-state index contributed by atoms with van der Waals surface area (Å²) < 4.78 is 0. The minimum absolute atomic E-state index is 0.912. The Balaban J connectivity index is 1.80. The molecule has 3 rings (SSSR count). The first-order valence-corrected chi connectivity index (χ1v) is 8.03. The first-order chi connectivity index (χ1) is 10.4. The van der Waals surface area contributed by atoms with Gasteiger partial charge in [0.1, 0.15) is 11.6 Å². The Bertz CT molecular complexity index is 593. The highest BCUT2D eigenvalue weighted by molar-refractivity contribution is 5.47. The van der Waals surface area contributed by atoms with Gasteiger partial charge in [-0.15, -0.1) is 0 Å². The van der Waals surface area contributed by atoms with Crippen LogP contribution in [0, 0.1) is 0 Å². The van der Waals surface area contributed by atoms with Crippen LogP contribution in [0.25, 0.3) is 0 Å². The number of rotatable bonds is 5. The van der Waals surface area contributed by atoms with E-state index >= 15 is 0 Å². The van der Waals surface area contributed by atoms with E-state index in [0.717, 1.165) is 43.9 Å². The molecule has 0 radical (unpaired) electrons. The molecule has 3 nitrogen and oxygen atoms in total. The van der Waals surface area contributed by atoms with Crippen LogP contribution < -0.4 is 5.32 Å². The van der Waals surface area contributed by atoms with Gasteiger partial charge in [0.25, 0.3) is 0 Å². The molecule has 1 heterocycles. The molecular formula is C18H23N3. The van der Waals surface area contributed by atoms with Crippen molar-refractivity contribution in [3.05, 3.63) is 53.0 Å². The van der Waals surface area contributed by atoms with Crippen molar-refractivity contribution < 1.29 is 0 Å². The summed E-state index contributed by atoms with van der Waals surface area (Å²) in [4.78, 5) is 9.59. The van der Waals surface area contributed by atoms with E-state index < -0.39 is 0 Å². The van der Waals surface area contributed by atoms with Gasteiger partial charge >= 0.3 is 0 Å². The maximum atomic E-state index is 4.82. The molecule has 1 aromatic carbocycles. The molecule has 2 aromatic rings. The molecule has 0 bridgehead atoms. The van der Waals surface area contributed by atoms with Gasteiger partial charge in [0.2, 0.25) is 0 Å². The lowest BCUT2D eigenvalue weighted by Crippen LogP contribution is -2.15. The van der Waals surface area contributed by atoms with E-state index in [1.54, 1.807) is 0 Å². The van der Waals surface area contributed by atoms with Crippen molar-refractivity contribution in [1.82, 2.24) is 9.97 Å². The van der Waals surface area contributed by atoms with Gasteiger partial charge in [0.05, 0.1) is 0 Å². The number of hydrogen-bond acceptors (Lipinski definition) is 3. The Hall–Kier alpha value is -1.90. The highest BCUT2D eigenvalue weighted by Crippen LogP contribution is 2.25. The Morgan fingerprint density at radius 2 is 1.81 bits per heavy atom. The molecule has 1 aliphatic carbocycles. The number of aryl methyl sites for hydroxylation is 3. The molecule has 21 heavy (non-hydrogen) atoms. The van der Waals surface area contributed by atoms with Crippen LogP contribution in [0.15, 0.2) is 30.3 Å². The smallest absolute Gasteiger partial charge is 0.133 e. The van der Waals surface area contributed by atoms with Gasteiger partial charge in [0.15, 0.2) is 0 Å². The van der Waals surface area contributed by atoms with Crippen LogP contribution in [0.3, 0.4) is 0 Å². The van der Waals surface area contributed by atoms with Gasteiger partial charge in [0, 0.05) is 24.2 Å². The minimum Gasteiger partial charge on any atom is -0.370 e.